The van der Waals surface area contributed by atoms with Crippen molar-refractivity contribution in [3.63, 3.8) is 0 Å². The van der Waals surface area contributed by atoms with Gasteiger partial charge in [0, 0.05) is 22.4 Å². The van der Waals surface area contributed by atoms with Crippen LogP contribution in [0.2, 0.25) is 0 Å². The lowest BCUT2D eigenvalue weighted by molar-refractivity contribution is -0.140. The second-order valence-corrected chi connectivity index (χ2v) is 5.54. The van der Waals surface area contributed by atoms with Gasteiger partial charge in [-0.25, -0.2) is 0 Å². The van der Waals surface area contributed by atoms with Crippen LogP contribution in [-0.4, -0.2) is 35.8 Å². The Morgan fingerprint density at radius 1 is 1.55 bits per heavy atom. The van der Waals surface area contributed by atoms with E-state index in [1.54, 1.807) is 11.3 Å². The number of nitrogens with zero attached hydrogens (tertiary/aromatic N) is 1. The Morgan fingerprint density at radius 2 is 2.35 bits per heavy atom. The molecule has 0 radical (unpaired) electrons. The van der Waals surface area contributed by atoms with Gasteiger partial charge in [0.1, 0.15) is 0 Å². The third-order valence-corrected chi connectivity index (χ3v) is 4.01. The summed E-state index contributed by atoms with van der Waals surface area (Å²) in [6.45, 7) is 3.13. The maximum atomic E-state index is 11.8. The van der Waals surface area contributed by atoms with E-state index < -0.39 is 0 Å². The molecule has 1 unspecified atom stereocenters. The number of nitrogens with two attached hydrogens (primary N) is 1. The molecule has 1 atom stereocenters. The van der Waals surface area contributed by atoms with Crippen LogP contribution < -0.4 is 11.1 Å². The molecule has 0 bridgehead atoms. The predicted octanol–water partition coefficient (Wildman–Crippen LogP) is 0.295. The van der Waals surface area contributed by atoms with Crippen LogP contribution in [0.3, 0.4) is 0 Å². The van der Waals surface area contributed by atoms with Gasteiger partial charge >= 0.3 is 0 Å². The Hall–Kier alpha value is -1.68. The Balaban J connectivity index is 2.09. The number of thiophene rings is 1. The molecule has 106 valence electrons. The quantitative estimate of drug-likeness (QED) is 0.620. The summed E-state index contributed by atoms with van der Waals surface area (Å²) in [6, 6.07) is 1.74. The van der Waals surface area contributed by atoms with Crippen LogP contribution in [0.15, 0.2) is 11.4 Å². The molecule has 2 amide bonds. The maximum Gasteiger partial charge on any atom is 0.243 e. The predicted molar refractivity (Wildman–Crippen MR) is 77.9 cm³/mol. The minimum absolute atomic E-state index is 0.205. The molecule has 5 nitrogen and oxygen atoms in total. The number of hydrogen-bond donors (Lipinski definition) is 2. The van der Waals surface area contributed by atoms with E-state index >= 15 is 0 Å². The van der Waals surface area contributed by atoms with E-state index in [-0.39, 0.29) is 24.4 Å². The molecular weight excluding hydrogens is 274 g/mol. The summed E-state index contributed by atoms with van der Waals surface area (Å²) in [5, 5.41) is 4.34. The van der Waals surface area contributed by atoms with E-state index in [0.29, 0.717) is 19.5 Å². The van der Waals surface area contributed by atoms with E-state index in [4.69, 9.17) is 5.73 Å². The lowest BCUT2D eigenvalue weighted by Crippen LogP contribution is -2.57. The number of imide groups is 1. The lowest BCUT2D eigenvalue weighted by atomic mass is 10.1. The highest BCUT2D eigenvalue weighted by Gasteiger charge is 2.32. The van der Waals surface area contributed by atoms with Crippen molar-refractivity contribution in [1.82, 2.24) is 10.2 Å². The molecule has 1 aliphatic rings. The van der Waals surface area contributed by atoms with Gasteiger partial charge in [-0.2, -0.15) is 0 Å². The first-order chi connectivity index (χ1) is 9.63. The van der Waals surface area contributed by atoms with Crippen molar-refractivity contribution in [3.8, 4) is 11.8 Å². The summed E-state index contributed by atoms with van der Waals surface area (Å²) in [5.74, 6) is 5.34. The Morgan fingerprint density at radius 3 is 3.05 bits per heavy atom. The highest BCUT2D eigenvalue weighted by atomic mass is 32.1. The van der Waals surface area contributed by atoms with Gasteiger partial charge in [-0.05, 0) is 12.5 Å². The largest absolute Gasteiger partial charge is 0.320 e. The summed E-state index contributed by atoms with van der Waals surface area (Å²) in [5.41, 5.74) is 6.27. The fourth-order valence-electron chi connectivity index (χ4n) is 2.21. The van der Waals surface area contributed by atoms with Gasteiger partial charge in [-0.1, -0.05) is 18.8 Å². The Bertz CT molecular complexity index is 570. The molecular formula is C14H17N3O2S. The van der Waals surface area contributed by atoms with Crippen molar-refractivity contribution >= 4 is 23.2 Å². The van der Waals surface area contributed by atoms with Crippen LogP contribution in [0, 0.1) is 11.8 Å². The number of piperazine rings is 1. The van der Waals surface area contributed by atoms with E-state index in [0.717, 1.165) is 10.4 Å². The second-order valence-electron chi connectivity index (χ2n) is 4.55. The van der Waals surface area contributed by atoms with Gasteiger partial charge in [-0.3, -0.25) is 19.8 Å². The van der Waals surface area contributed by atoms with Gasteiger partial charge in [0.25, 0.3) is 0 Å². The molecule has 0 saturated carbocycles. The minimum Gasteiger partial charge on any atom is -0.320 e. The van der Waals surface area contributed by atoms with Crippen molar-refractivity contribution in [2.24, 2.45) is 5.73 Å². The SMILES string of the molecule is CCC1C(=O)NC(=O)CN1Cc1cc(C#CCN)cs1. The first-order valence-corrected chi connectivity index (χ1v) is 7.36. The van der Waals surface area contributed by atoms with Gasteiger partial charge in [-0.15, -0.1) is 11.3 Å². The summed E-state index contributed by atoms with van der Waals surface area (Å²) in [7, 11) is 0. The van der Waals surface area contributed by atoms with Crippen LogP contribution in [-0.2, 0) is 16.1 Å². The lowest BCUT2D eigenvalue weighted by Gasteiger charge is -2.32. The van der Waals surface area contributed by atoms with E-state index in [2.05, 4.69) is 17.2 Å². The van der Waals surface area contributed by atoms with Crippen molar-refractivity contribution < 1.29 is 9.59 Å². The molecule has 1 aromatic heterocycles. The highest BCUT2D eigenvalue weighted by Crippen LogP contribution is 2.19. The van der Waals surface area contributed by atoms with E-state index in [1.165, 1.54) is 0 Å². The summed E-state index contributed by atoms with van der Waals surface area (Å²) in [6.07, 6.45) is 0.685. The minimum atomic E-state index is -0.242. The van der Waals surface area contributed by atoms with E-state index in [1.807, 2.05) is 23.3 Å². The molecule has 1 fully saturated rings. The van der Waals surface area contributed by atoms with Crippen LogP contribution in [0.25, 0.3) is 0 Å². The van der Waals surface area contributed by atoms with Gasteiger partial charge in [0.05, 0.1) is 19.1 Å². The summed E-state index contributed by atoms with van der Waals surface area (Å²) < 4.78 is 0. The van der Waals surface area contributed by atoms with Crippen LogP contribution >= 0.6 is 11.3 Å². The third kappa shape index (κ3) is 3.45. The number of hydrogen-bond acceptors (Lipinski definition) is 5. The monoisotopic (exact) mass is 291 g/mol. The fraction of sp³-hybridized carbons (Fsp3) is 0.429. The standard InChI is InChI=1S/C14H17N3O2S/c1-2-12-14(19)16-13(18)8-17(12)7-11-6-10(9-20-11)4-3-5-15/h6,9,12H,2,5,7-8,15H2,1H3,(H,16,18,19). The van der Waals surface area contributed by atoms with Gasteiger partial charge in [0.15, 0.2) is 0 Å². The average Bonchev–Trinajstić information content (AvgIpc) is 2.83. The van der Waals surface area contributed by atoms with Crippen molar-refractivity contribution in [2.75, 3.05) is 13.1 Å². The van der Waals surface area contributed by atoms with Crippen LogP contribution in [0.4, 0.5) is 0 Å². The molecule has 0 aliphatic carbocycles. The van der Waals surface area contributed by atoms with Crippen molar-refractivity contribution in [3.05, 3.63) is 21.9 Å². The molecule has 20 heavy (non-hydrogen) atoms. The maximum absolute atomic E-state index is 11.8. The summed E-state index contributed by atoms with van der Waals surface area (Å²) in [4.78, 5) is 26.3. The molecule has 0 spiro atoms. The number of amides is 2. The van der Waals surface area contributed by atoms with Gasteiger partial charge < -0.3 is 5.73 Å². The molecule has 1 aliphatic heterocycles. The zero-order valence-electron chi connectivity index (χ0n) is 11.3. The summed E-state index contributed by atoms with van der Waals surface area (Å²) >= 11 is 1.58. The zero-order chi connectivity index (χ0) is 14.5. The van der Waals surface area contributed by atoms with Gasteiger partial charge in [0.2, 0.25) is 11.8 Å². The Labute approximate surface area is 122 Å². The van der Waals surface area contributed by atoms with Crippen LogP contribution in [0.5, 0.6) is 0 Å². The number of nitrogens with one attached hydrogen (secondary N) is 1. The zero-order valence-corrected chi connectivity index (χ0v) is 12.1. The molecule has 1 saturated heterocycles. The average molecular weight is 291 g/mol. The normalized spacial score (nSPS) is 19.4. The number of rotatable bonds is 3. The number of carbonyl (C=O) groups is 2. The Kier molecular flexibility index (Phi) is 4.90. The fourth-order valence-corrected chi connectivity index (χ4v) is 3.05. The molecule has 2 heterocycles. The molecule has 1 aromatic rings. The number of carbonyl (C=O) groups excluding carboxylic acids is 2. The molecule has 3 N–H and O–H groups in total. The second kappa shape index (κ2) is 6.66. The molecule has 0 aromatic carbocycles. The van der Waals surface area contributed by atoms with Crippen LogP contribution in [0.1, 0.15) is 23.8 Å². The van der Waals surface area contributed by atoms with E-state index in [9.17, 15) is 9.59 Å². The topological polar surface area (TPSA) is 75.4 Å². The van der Waals surface area contributed by atoms with Crippen molar-refractivity contribution in [1.29, 1.82) is 0 Å². The first kappa shape index (κ1) is 14.7. The van der Waals surface area contributed by atoms with Crippen molar-refractivity contribution in [2.45, 2.75) is 25.9 Å². The smallest absolute Gasteiger partial charge is 0.243 e. The molecule has 2 rings (SSSR count). The third-order valence-electron chi connectivity index (χ3n) is 3.09. The first-order valence-electron chi connectivity index (χ1n) is 6.48. The molecule has 6 heteroatoms. The highest BCUT2D eigenvalue weighted by molar-refractivity contribution is 7.10.